The number of rotatable bonds is 10. The number of ether oxygens (including phenoxy) is 1. The summed E-state index contributed by atoms with van der Waals surface area (Å²) in [6, 6.07) is 0. The summed E-state index contributed by atoms with van der Waals surface area (Å²) >= 11 is 0. The summed E-state index contributed by atoms with van der Waals surface area (Å²) in [5.74, 6) is 2.68. The van der Waals surface area contributed by atoms with Gasteiger partial charge in [0.25, 0.3) is 0 Å². The first kappa shape index (κ1) is 20.7. The Morgan fingerprint density at radius 2 is 1.85 bits per heavy atom. The highest BCUT2D eigenvalue weighted by atomic mass is 16.5. The molecule has 0 heterocycles. The lowest BCUT2D eigenvalue weighted by Gasteiger charge is -2.38. The Balaban J connectivity index is 1.87. The van der Waals surface area contributed by atoms with Gasteiger partial charge in [-0.15, -0.1) is 0 Å². The largest absolute Gasteiger partial charge is 0.462 e. The van der Waals surface area contributed by atoms with Gasteiger partial charge in [0.05, 0.1) is 6.61 Å². The molecule has 146 valence electrons. The number of carbonyl (C=O) groups excluding carboxylic acids is 2. The fourth-order valence-corrected chi connectivity index (χ4v) is 5.55. The molecule has 4 nitrogen and oxygen atoms in total. The van der Waals surface area contributed by atoms with Crippen LogP contribution in [-0.2, 0) is 14.3 Å². The monoisotopic (exact) mass is 361 g/mol. The Morgan fingerprint density at radius 1 is 1.15 bits per heavy atom. The summed E-state index contributed by atoms with van der Waals surface area (Å²) in [5.41, 5.74) is 0.104. The van der Waals surface area contributed by atoms with Gasteiger partial charge in [0.15, 0.2) is 0 Å². The fourth-order valence-electron chi connectivity index (χ4n) is 5.55. The molecule has 1 amide bonds. The zero-order valence-corrected chi connectivity index (χ0v) is 16.5. The number of unbranched alkanes of at least 4 members (excludes halogenated alkanes) is 1. The highest BCUT2D eigenvalue weighted by Crippen LogP contribution is 2.58. The van der Waals surface area contributed by atoms with Gasteiger partial charge in [0.1, 0.15) is 0 Å². The van der Waals surface area contributed by atoms with Crippen molar-refractivity contribution >= 4 is 11.9 Å². The van der Waals surface area contributed by atoms with Crippen LogP contribution in [0.15, 0.2) is 25.3 Å². The van der Waals surface area contributed by atoms with Crippen molar-refractivity contribution < 1.29 is 14.3 Å². The molecule has 2 fully saturated rings. The molecule has 0 saturated heterocycles. The molecular formula is C22H35NO3. The van der Waals surface area contributed by atoms with Crippen LogP contribution in [0.3, 0.4) is 0 Å². The van der Waals surface area contributed by atoms with E-state index in [4.69, 9.17) is 4.74 Å². The molecule has 2 aliphatic rings. The maximum absolute atomic E-state index is 11.5. The zero-order valence-electron chi connectivity index (χ0n) is 16.5. The third-order valence-corrected chi connectivity index (χ3v) is 6.53. The average Bonchev–Trinajstić information content (AvgIpc) is 2.88. The van der Waals surface area contributed by atoms with Crippen molar-refractivity contribution in [2.24, 2.45) is 29.1 Å². The Hall–Kier alpha value is -1.58. The van der Waals surface area contributed by atoms with Gasteiger partial charge in [0.2, 0.25) is 5.91 Å². The SMILES string of the molecule is C=CC(=O)NCCCCC1C2CC(CC(C)(COC(=O)C=C)C2)C1CC. The molecule has 0 aromatic heterocycles. The zero-order chi connectivity index (χ0) is 19.2. The predicted molar refractivity (Wildman–Crippen MR) is 104 cm³/mol. The molecule has 2 aliphatic carbocycles. The van der Waals surface area contributed by atoms with Gasteiger partial charge < -0.3 is 10.1 Å². The average molecular weight is 362 g/mol. The number of hydrogen-bond acceptors (Lipinski definition) is 3. The molecule has 2 bridgehead atoms. The molecule has 4 heteroatoms. The Labute approximate surface area is 158 Å². The highest BCUT2D eigenvalue weighted by molar-refractivity contribution is 5.86. The number of hydrogen-bond donors (Lipinski definition) is 1. The predicted octanol–water partition coefficient (Wildman–Crippen LogP) is 4.27. The standard InChI is InChI=1S/C22H35NO3/c1-5-18-16-12-17(14-22(4,13-16)15-26-21(25)7-3)19(18)10-8-9-11-23-20(24)6-2/h6-7,16-19H,2-3,5,8-15H2,1,4H3,(H,23,24). The van der Waals surface area contributed by atoms with Crippen LogP contribution in [0.2, 0.25) is 0 Å². The van der Waals surface area contributed by atoms with Crippen LogP contribution in [0, 0.1) is 29.1 Å². The summed E-state index contributed by atoms with van der Waals surface area (Å²) in [5, 5.41) is 2.86. The highest BCUT2D eigenvalue weighted by Gasteiger charge is 2.50. The van der Waals surface area contributed by atoms with E-state index in [2.05, 4.69) is 32.3 Å². The van der Waals surface area contributed by atoms with Gasteiger partial charge in [-0.05, 0) is 61.9 Å². The first-order valence-corrected chi connectivity index (χ1v) is 10.1. The molecule has 0 aliphatic heterocycles. The van der Waals surface area contributed by atoms with Crippen LogP contribution in [0.4, 0.5) is 0 Å². The third kappa shape index (κ3) is 5.21. The van der Waals surface area contributed by atoms with E-state index in [1.54, 1.807) is 0 Å². The van der Waals surface area contributed by atoms with E-state index in [-0.39, 0.29) is 17.3 Å². The van der Waals surface area contributed by atoms with Gasteiger partial charge in [-0.1, -0.05) is 39.8 Å². The molecule has 0 aromatic carbocycles. The minimum absolute atomic E-state index is 0.0852. The van der Waals surface area contributed by atoms with Crippen LogP contribution in [0.5, 0.6) is 0 Å². The van der Waals surface area contributed by atoms with Crippen molar-refractivity contribution in [3.05, 3.63) is 25.3 Å². The topological polar surface area (TPSA) is 55.4 Å². The second-order valence-corrected chi connectivity index (χ2v) is 8.51. The first-order valence-electron chi connectivity index (χ1n) is 10.1. The molecule has 26 heavy (non-hydrogen) atoms. The van der Waals surface area contributed by atoms with Crippen molar-refractivity contribution in [3.8, 4) is 0 Å². The van der Waals surface area contributed by atoms with Crippen LogP contribution < -0.4 is 5.32 Å². The molecule has 2 saturated carbocycles. The first-order chi connectivity index (χ1) is 12.4. The van der Waals surface area contributed by atoms with Crippen molar-refractivity contribution in [3.63, 3.8) is 0 Å². The van der Waals surface area contributed by atoms with Crippen LogP contribution in [0.25, 0.3) is 0 Å². The Kier molecular flexibility index (Phi) is 7.48. The molecule has 5 atom stereocenters. The van der Waals surface area contributed by atoms with E-state index in [0.717, 1.165) is 49.5 Å². The van der Waals surface area contributed by atoms with E-state index in [1.807, 2.05) is 0 Å². The Morgan fingerprint density at radius 3 is 2.46 bits per heavy atom. The number of nitrogens with one attached hydrogen (secondary N) is 1. The number of esters is 1. The number of carbonyl (C=O) groups is 2. The summed E-state index contributed by atoms with van der Waals surface area (Å²) in [6.45, 7) is 12.8. The van der Waals surface area contributed by atoms with E-state index in [1.165, 1.54) is 37.8 Å². The summed E-state index contributed by atoms with van der Waals surface area (Å²) in [7, 11) is 0. The molecule has 0 radical (unpaired) electrons. The lowest BCUT2D eigenvalue weighted by atomic mass is 9.69. The summed E-state index contributed by atoms with van der Waals surface area (Å²) < 4.78 is 5.40. The lowest BCUT2D eigenvalue weighted by Crippen LogP contribution is -2.33. The number of fused-ring (bicyclic) bond motifs is 2. The maximum Gasteiger partial charge on any atom is 0.330 e. The molecular weight excluding hydrogens is 326 g/mol. The third-order valence-electron chi connectivity index (χ3n) is 6.53. The minimum atomic E-state index is -0.311. The minimum Gasteiger partial charge on any atom is -0.462 e. The Bertz CT molecular complexity index is 529. The van der Waals surface area contributed by atoms with Crippen molar-refractivity contribution in [2.45, 2.75) is 58.8 Å². The fraction of sp³-hybridized carbons (Fsp3) is 0.727. The summed E-state index contributed by atoms with van der Waals surface area (Å²) in [4.78, 5) is 22.7. The van der Waals surface area contributed by atoms with Crippen LogP contribution in [0.1, 0.15) is 58.8 Å². The van der Waals surface area contributed by atoms with Crippen molar-refractivity contribution in [1.29, 1.82) is 0 Å². The maximum atomic E-state index is 11.5. The van der Waals surface area contributed by atoms with Gasteiger partial charge >= 0.3 is 5.97 Å². The summed E-state index contributed by atoms with van der Waals surface area (Å²) in [6.07, 6.45) is 10.9. The number of amides is 1. The van der Waals surface area contributed by atoms with E-state index < -0.39 is 0 Å². The van der Waals surface area contributed by atoms with E-state index >= 15 is 0 Å². The normalized spacial score (nSPS) is 32.7. The molecule has 1 N–H and O–H groups in total. The second-order valence-electron chi connectivity index (χ2n) is 8.51. The van der Waals surface area contributed by atoms with Gasteiger partial charge in [-0.2, -0.15) is 0 Å². The quantitative estimate of drug-likeness (QED) is 0.359. The van der Waals surface area contributed by atoms with Gasteiger partial charge in [-0.3, -0.25) is 4.79 Å². The van der Waals surface area contributed by atoms with E-state index in [0.29, 0.717) is 6.61 Å². The lowest BCUT2D eigenvalue weighted by molar-refractivity contribution is -0.142. The van der Waals surface area contributed by atoms with Gasteiger partial charge in [-0.25, -0.2) is 4.79 Å². The van der Waals surface area contributed by atoms with Crippen LogP contribution in [-0.4, -0.2) is 25.0 Å². The molecule has 2 rings (SSSR count). The van der Waals surface area contributed by atoms with Crippen LogP contribution >= 0.6 is 0 Å². The van der Waals surface area contributed by atoms with E-state index in [9.17, 15) is 9.59 Å². The molecule has 0 aromatic rings. The van der Waals surface area contributed by atoms with Crippen molar-refractivity contribution in [1.82, 2.24) is 5.32 Å². The molecule has 0 spiro atoms. The van der Waals surface area contributed by atoms with Crippen molar-refractivity contribution in [2.75, 3.05) is 13.2 Å². The second kappa shape index (κ2) is 9.38. The van der Waals surface area contributed by atoms with Gasteiger partial charge in [0, 0.05) is 18.0 Å². The molecule has 5 unspecified atom stereocenters. The smallest absolute Gasteiger partial charge is 0.330 e.